The summed E-state index contributed by atoms with van der Waals surface area (Å²) in [5.74, 6) is 0. The molecule has 19 heavy (non-hydrogen) atoms. The maximum Gasteiger partial charge on any atom is 0.537 e. The van der Waals surface area contributed by atoms with Crippen LogP contribution in [-0.4, -0.2) is 31.8 Å². The fourth-order valence-electron chi connectivity index (χ4n) is 1.51. The lowest BCUT2D eigenvalue weighted by Gasteiger charge is -2.19. The van der Waals surface area contributed by atoms with Crippen LogP contribution in [0.1, 0.15) is 53.4 Å². The van der Waals surface area contributed by atoms with Gasteiger partial charge in [0.15, 0.2) is 0 Å². The van der Waals surface area contributed by atoms with Crippen LogP contribution in [-0.2, 0) is 9.05 Å². The minimum atomic E-state index is -4.06. The van der Waals surface area contributed by atoms with Gasteiger partial charge in [-0.1, -0.05) is 27.7 Å². The second-order valence-corrected chi connectivity index (χ2v) is 7.67. The van der Waals surface area contributed by atoms with Gasteiger partial charge in [-0.25, -0.2) is 0 Å². The van der Waals surface area contributed by atoms with Gasteiger partial charge in [0.2, 0.25) is 0 Å². The zero-order valence-electron chi connectivity index (χ0n) is 12.0. The van der Waals surface area contributed by atoms with E-state index < -0.39 is 16.2 Å². The molecule has 0 saturated carbocycles. The molecule has 0 fully saturated rings. The average Bonchev–Trinajstić information content (AvgIpc) is 2.31. The first-order valence-electron chi connectivity index (χ1n) is 6.55. The van der Waals surface area contributed by atoms with Crippen molar-refractivity contribution in [2.45, 2.75) is 65.6 Å². The van der Waals surface area contributed by atoms with Crippen LogP contribution in [0.15, 0.2) is 0 Å². The Morgan fingerprint density at radius 2 is 1.00 bits per heavy atom. The fraction of sp³-hybridized carbons (Fsp3) is 1.00. The first kappa shape index (κ1) is 19.6. The van der Waals surface area contributed by atoms with Crippen molar-refractivity contribution in [2.24, 2.45) is 0 Å². The summed E-state index contributed by atoms with van der Waals surface area (Å²) in [6, 6.07) is 0. The summed E-state index contributed by atoms with van der Waals surface area (Å²) < 4.78 is 10.1. The highest BCUT2D eigenvalue weighted by molar-refractivity contribution is 7.73. The molecule has 0 radical (unpaired) electrons. The molecule has 0 aromatic rings. The Balaban J connectivity index is 4.52. The number of hydrogen-bond acceptors (Lipinski definition) is 7. The molecule has 0 bridgehead atoms. The third-order valence-electron chi connectivity index (χ3n) is 2.67. The van der Waals surface area contributed by atoms with Crippen molar-refractivity contribution in [3.8, 4) is 0 Å². The third kappa shape index (κ3) is 8.45. The van der Waals surface area contributed by atoms with Crippen LogP contribution in [0.2, 0.25) is 0 Å². The molecule has 0 heterocycles. The van der Waals surface area contributed by atoms with Crippen molar-refractivity contribution in [1.82, 2.24) is 4.86 Å². The van der Waals surface area contributed by atoms with Gasteiger partial charge >= 0.3 is 16.2 Å². The largest absolute Gasteiger partial charge is 0.537 e. The summed E-state index contributed by atoms with van der Waals surface area (Å²) >= 11 is 0. The second kappa shape index (κ2) is 8.78. The smallest absolute Gasteiger partial charge is 0.175 e. The lowest BCUT2D eigenvalue weighted by Crippen LogP contribution is -2.26. The van der Waals surface area contributed by atoms with E-state index in [0.29, 0.717) is 25.7 Å². The maximum absolute atomic E-state index is 9.70. The molecule has 0 aliphatic rings. The molecule has 116 valence electrons. The van der Waals surface area contributed by atoms with Gasteiger partial charge in [-0.3, -0.25) is 0 Å². The van der Waals surface area contributed by atoms with Crippen LogP contribution in [0, 0.1) is 0 Å². The molecule has 0 aliphatic heterocycles. The Morgan fingerprint density at radius 1 is 0.737 bits per heavy atom. The highest BCUT2D eigenvalue weighted by Gasteiger charge is 2.57. The Kier molecular flexibility index (Phi) is 9.04. The van der Waals surface area contributed by atoms with Gasteiger partial charge in [-0.2, -0.15) is 28.6 Å². The molecule has 0 aliphatic carbocycles. The van der Waals surface area contributed by atoms with Crippen LogP contribution in [0.5, 0.6) is 0 Å². The molecule has 0 rings (SSSR count). The van der Waals surface area contributed by atoms with E-state index in [-0.39, 0.29) is 12.2 Å². The molecule has 0 amide bonds. The molecule has 0 aromatic carbocycles. The predicted molar refractivity (Wildman–Crippen MR) is 76.8 cm³/mol. The van der Waals surface area contributed by atoms with Crippen molar-refractivity contribution in [3.05, 3.63) is 0 Å². The van der Waals surface area contributed by atoms with Crippen LogP contribution in [0.3, 0.4) is 0 Å². The molecule has 0 saturated heterocycles. The molecule has 7 nitrogen and oxygen atoms in total. The van der Waals surface area contributed by atoms with Crippen molar-refractivity contribution in [2.75, 3.05) is 0 Å². The van der Waals surface area contributed by atoms with Crippen molar-refractivity contribution in [1.29, 1.82) is 0 Å². The van der Waals surface area contributed by atoms with Crippen molar-refractivity contribution < 1.29 is 28.6 Å². The zero-order chi connectivity index (χ0) is 15.1. The van der Waals surface area contributed by atoms with E-state index >= 15 is 0 Å². The van der Waals surface area contributed by atoms with Gasteiger partial charge in [0.25, 0.3) is 0 Å². The van der Waals surface area contributed by atoms with Crippen molar-refractivity contribution in [3.63, 3.8) is 0 Å². The van der Waals surface area contributed by atoms with Gasteiger partial charge in [-0.05, 0) is 25.7 Å². The minimum Gasteiger partial charge on any atom is -0.175 e. The Hall–Kier alpha value is 0.580. The van der Waals surface area contributed by atoms with Gasteiger partial charge in [0.1, 0.15) is 12.2 Å². The fourth-order valence-corrected chi connectivity index (χ4v) is 4.67. The van der Waals surface area contributed by atoms with Crippen LogP contribution in [0.4, 0.5) is 0 Å². The quantitative estimate of drug-likeness (QED) is 0.393. The molecular formula is C10H27NO6P2+2. The molecule has 0 unspecified atom stereocenters. The summed E-state index contributed by atoms with van der Waals surface area (Å²) in [7, 11) is -8.11. The summed E-state index contributed by atoms with van der Waals surface area (Å²) in [6.45, 7) is 7.37. The van der Waals surface area contributed by atoms with E-state index in [0.717, 1.165) is 0 Å². The average molecular weight is 319 g/mol. The van der Waals surface area contributed by atoms with E-state index in [1.807, 2.05) is 32.6 Å². The SMILES string of the molecule is CCC(CC)O[P+](O)(O)N[P+](O)(O)OC(CC)CC. The predicted octanol–water partition coefficient (Wildman–Crippen LogP) is 2.31. The lowest BCUT2D eigenvalue weighted by atomic mass is 10.2. The van der Waals surface area contributed by atoms with Gasteiger partial charge in [-0.15, -0.1) is 0 Å². The zero-order valence-corrected chi connectivity index (χ0v) is 13.8. The molecule has 5 N–H and O–H groups in total. The summed E-state index contributed by atoms with van der Waals surface area (Å²) in [5, 5.41) is 0. The Bertz CT molecular complexity index is 222. The van der Waals surface area contributed by atoms with Crippen LogP contribution < -0.4 is 4.86 Å². The third-order valence-corrected chi connectivity index (χ3v) is 5.94. The molecule has 0 aromatic heterocycles. The number of hydrogen-bond donors (Lipinski definition) is 5. The maximum atomic E-state index is 9.70. The van der Waals surface area contributed by atoms with Crippen LogP contribution >= 0.6 is 16.2 Å². The van der Waals surface area contributed by atoms with Crippen molar-refractivity contribution >= 4 is 16.2 Å². The Labute approximate surface area is 116 Å². The number of rotatable bonds is 10. The summed E-state index contributed by atoms with van der Waals surface area (Å²) in [6.07, 6.45) is 1.66. The second-order valence-electron chi connectivity index (χ2n) is 4.28. The monoisotopic (exact) mass is 319 g/mol. The van der Waals surface area contributed by atoms with E-state index in [4.69, 9.17) is 9.05 Å². The highest BCUT2D eigenvalue weighted by atomic mass is 31.3. The standard InChI is InChI=1S/C10H27NO6P2/c1-5-9(6-2)16-18(12,13)11-19(14,15)17-10(7-3)8-4/h9-15H,5-8H2,1-4H3/q+2. The number of nitrogens with one attached hydrogen (secondary N) is 1. The topological polar surface area (TPSA) is 111 Å². The summed E-state index contributed by atoms with van der Waals surface area (Å²) in [4.78, 5) is 40.7. The summed E-state index contributed by atoms with van der Waals surface area (Å²) in [5.41, 5.74) is 0. The minimum absolute atomic E-state index is 0.357. The first-order chi connectivity index (χ1) is 8.69. The molecule has 0 atom stereocenters. The normalized spacial score (nSPS) is 13.6. The lowest BCUT2D eigenvalue weighted by molar-refractivity contribution is 0.124. The highest BCUT2D eigenvalue weighted by Crippen LogP contribution is 2.62. The van der Waals surface area contributed by atoms with Crippen LogP contribution in [0.25, 0.3) is 0 Å². The molecular weight excluding hydrogens is 292 g/mol. The molecule has 9 heteroatoms. The van der Waals surface area contributed by atoms with E-state index in [9.17, 15) is 19.6 Å². The van der Waals surface area contributed by atoms with Gasteiger partial charge in [0.05, 0.1) is 4.86 Å². The first-order valence-corrected chi connectivity index (χ1v) is 9.77. The Morgan fingerprint density at radius 3 is 1.21 bits per heavy atom. The van der Waals surface area contributed by atoms with E-state index in [1.54, 1.807) is 0 Å². The van der Waals surface area contributed by atoms with E-state index in [2.05, 4.69) is 0 Å². The van der Waals surface area contributed by atoms with Gasteiger partial charge < -0.3 is 0 Å². The van der Waals surface area contributed by atoms with Gasteiger partial charge in [0, 0.05) is 0 Å². The van der Waals surface area contributed by atoms with E-state index in [1.165, 1.54) is 0 Å². The molecule has 0 spiro atoms.